The Morgan fingerprint density at radius 3 is 2.91 bits per heavy atom. The van der Waals surface area contributed by atoms with E-state index in [9.17, 15) is 4.79 Å². The number of ether oxygens (including phenoxy) is 1. The molecule has 2 heterocycles. The van der Waals surface area contributed by atoms with Gasteiger partial charge in [-0.25, -0.2) is 14.8 Å². The van der Waals surface area contributed by atoms with E-state index < -0.39 is 5.97 Å². The van der Waals surface area contributed by atoms with E-state index in [-0.39, 0.29) is 12.3 Å². The van der Waals surface area contributed by atoms with Crippen LogP contribution in [0.1, 0.15) is 16.2 Å². The molecule has 6 nitrogen and oxygen atoms in total. The Morgan fingerprint density at radius 2 is 2.14 bits per heavy atom. The summed E-state index contributed by atoms with van der Waals surface area (Å²) in [6.45, 7) is -0.0244. The van der Waals surface area contributed by atoms with Crippen molar-refractivity contribution in [3.05, 3.63) is 65.5 Å². The van der Waals surface area contributed by atoms with E-state index in [1.165, 1.54) is 24.9 Å². The molecular formula is C15H10ClN3O3. The molecule has 110 valence electrons. The number of carbonyl (C=O) groups is 1. The second-order valence-corrected chi connectivity index (χ2v) is 4.70. The Kier molecular flexibility index (Phi) is 4.11. The van der Waals surface area contributed by atoms with Crippen molar-refractivity contribution in [3.8, 4) is 11.5 Å². The Hall–Kier alpha value is -2.73. The normalized spacial score (nSPS) is 10.4. The smallest absolute Gasteiger partial charge is 0.358 e. The van der Waals surface area contributed by atoms with Gasteiger partial charge in [0.25, 0.3) is 0 Å². The summed E-state index contributed by atoms with van der Waals surface area (Å²) in [6, 6.07) is 7.19. The minimum atomic E-state index is -0.574. The Balaban J connectivity index is 1.68. The fraction of sp³-hybridized carbons (Fsp3) is 0.0667. The minimum Gasteiger partial charge on any atom is -0.454 e. The average molecular weight is 316 g/mol. The van der Waals surface area contributed by atoms with Crippen molar-refractivity contribution in [3.63, 3.8) is 0 Å². The highest BCUT2D eigenvalue weighted by atomic mass is 35.5. The van der Waals surface area contributed by atoms with Crippen molar-refractivity contribution in [1.82, 2.24) is 15.0 Å². The SMILES string of the molecule is O=C(OCc1coc(-c2ccccc2Cl)n1)c1cnccn1. The average Bonchev–Trinajstić information content (AvgIpc) is 3.02. The molecule has 1 aromatic carbocycles. The molecule has 0 N–H and O–H groups in total. The number of esters is 1. The van der Waals surface area contributed by atoms with Crippen molar-refractivity contribution in [2.45, 2.75) is 6.61 Å². The molecular weight excluding hydrogens is 306 g/mol. The first-order chi connectivity index (χ1) is 10.7. The highest BCUT2D eigenvalue weighted by Gasteiger charge is 2.13. The summed E-state index contributed by atoms with van der Waals surface area (Å²) in [5.41, 5.74) is 1.29. The second-order valence-electron chi connectivity index (χ2n) is 4.29. The summed E-state index contributed by atoms with van der Waals surface area (Å²) < 4.78 is 10.5. The predicted molar refractivity (Wildman–Crippen MR) is 78.1 cm³/mol. The number of aromatic nitrogens is 3. The van der Waals surface area contributed by atoms with E-state index in [2.05, 4.69) is 15.0 Å². The van der Waals surface area contributed by atoms with Gasteiger partial charge in [-0.05, 0) is 12.1 Å². The van der Waals surface area contributed by atoms with E-state index in [1.54, 1.807) is 12.1 Å². The maximum atomic E-state index is 11.7. The minimum absolute atomic E-state index is 0.0244. The highest BCUT2D eigenvalue weighted by Crippen LogP contribution is 2.26. The van der Waals surface area contributed by atoms with Gasteiger partial charge in [0.2, 0.25) is 5.89 Å². The van der Waals surface area contributed by atoms with E-state index >= 15 is 0 Å². The van der Waals surface area contributed by atoms with Gasteiger partial charge in [-0.1, -0.05) is 23.7 Å². The summed E-state index contributed by atoms with van der Waals surface area (Å²) in [5.74, 6) is -0.202. The van der Waals surface area contributed by atoms with Crippen molar-refractivity contribution in [1.29, 1.82) is 0 Å². The molecule has 2 aromatic heterocycles. The van der Waals surface area contributed by atoms with Gasteiger partial charge in [-0.3, -0.25) is 4.98 Å². The maximum Gasteiger partial charge on any atom is 0.358 e. The van der Waals surface area contributed by atoms with Gasteiger partial charge in [0, 0.05) is 12.4 Å². The van der Waals surface area contributed by atoms with Crippen molar-refractivity contribution in [2.24, 2.45) is 0 Å². The number of hydrogen-bond donors (Lipinski definition) is 0. The molecule has 0 aliphatic heterocycles. The lowest BCUT2D eigenvalue weighted by Gasteiger charge is -2.00. The van der Waals surface area contributed by atoms with Gasteiger partial charge in [-0.2, -0.15) is 0 Å². The zero-order chi connectivity index (χ0) is 15.4. The van der Waals surface area contributed by atoms with Gasteiger partial charge in [0.05, 0.1) is 16.8 Å². The number of hydrogen-bond acceptors (Lipinski definition) is 6. The fourth-order valence-electron chi connectivity index (χ4n) is 1.75. The van der Waals surface area contributed by atoms with E-state index in [4.69, 9.17) is 20.8 Å². The third-order valence-electron chi connectivity index (χ3n) is 2.78. The number of halogens is 1. The number of carbonyl (C=O) groups excluding carboxylic acids is 1. The van der Waals surface area contributed by atoms with E-state index in [0.717, 1.165) is 0 Å². The van der Waals surface area contributed by atoms with Crippen LogP contribution in [0.5, 0.6) is 0 Å². The lowest BCUT2D eigenvalue weighted by atomic mass is 10.2. The summed E-state index contributed by atoms with van der Waals surface area (Å²) in [7, 11) is 0. The largest absolute Gasteiger partial charge is 0.454 e. The first-order valence-electron chi connectivity index (χ1n) is 6.36. The maximum absolute atomic E-state index is 11.7. The van der Waals surface area contributed by atoms with Crippen LogP contribution in [0.4, 0.5) is 0 Å². The molecule has 0 saturated carbocycles. The van der Waals surface area contributed by atoms with Gasteiger partial charge in [0.1, 0.15) is 18.6 Å². The molecule has 0 spiro atoms. The third kappa shape index (κ3) is 3.12. The summed E-state index contributed by atoms with van der Waals surface area (Å²) >= 11 is 6.08. The Labute approximate surface area is 130 Å². The Morgan fingerprint density at radius 1 is 1.27 bits per heavy atom. The third-order valence-corrected chi connectivity index (χ3v) is 3.11. The Bertz CT molecular complexity index is 789. The summed E-state index contributed by atoms with van der Waals surface area (Å²) in [4.78, 5) is 23.6. The van der Waals surface area contributed by atoms with Crippen LogP contribution in [0, 0.1) is 0 Å². The zero-order valence-corrected chi connectivity index (χ0v) is 12.0. The monoisotopic (exact) mass is 315 g/mol. The van der Waals surface area contributed by atoms with Crippen LogP contribution in [0.3, 0.4) is 0 Å². The van der Waals surface area contributed by atoms with Crippen LogP contribution in [0.25, 0.3) is 11.5 Å². The first kappa shape index (κ1) is 14.2. The van der Waals surface area contributed by atoms with Crippen LogP contribution >= 0.6 is 11.6 Å². The molecule has 0 fully saturated rings. The number of nitrogens with zero attached hydrogens (tertiary/aromatic N) is 3. The molecule has 22 heavy (non-hydrogen) atoms. The van der Waals surface area contributed by atoms with Crippen molar-refractivity contribution in [2.75, 3.05) is 0 Å². The number of benzene rings is 1. The number of oxazole rings is 1. The second kappa shape index (κ2) is 6.36. The topological polar surface area (TPSA) is 78.1 Å². The first-order valence-corrected chi connectivity index (χ1v) is 6.74. The molecule has 0 aliphatic carbocycles. The fourth-order valence-corrected chi connectivity index (χ4v) is 1.97. The van der Waals surface area contributed by atoms with Gasteiger partial charge < -0.3 is 9.15 Å². The van der Waals surface area contributed by atoms with E-state index in [1.807, 2.05) is 12.1 Å². The summed E-state index contributed by atoms with van der Waals surface area (Å²) in [6.07, 6.45) is 5.65. The lowest BCUT2D eigenvalue weighted by molar-refractivity contribution is 0.0460. The van der Waals surface area contributed by atoms with Crippen molar-refractivity contribution < 1.29 is 13.9 Å². The molecule has 0 amide bonds. The van der Waals surface area contributed by atoms with Crippen LogP contribution in [-0.2, 0) is 11.3 Å². The lowest BCUT2D eigenvalue weighted by Crippen LogP contribution is -2.07. The number of rotatable bonds is 4. The molecule has 3 rings (SSSR count). The molecule has 0 unspecified atom stereocenters. The van der Waals surface area contributed by atoms with Crippen LogP contribution in [-0.4, -0.2) is 20.9 Å². The zero-order valence-electron chi connectivity index (χ0n) is 11.3. The molecule has 0 radical (unpaired) electrons. The summed E-state index contributed by atoms with van der Waals surface area (Å²) in [5, 5.41) is 0.535. The molecule has 3 aromatic rings. The van der Waals surface area contributed by atoms with Crippen LogP contribution < -0.4 is 0 Å². The van der Waals surface area contributed by atoms with Crippen LogP contribution in [0.2, 0.25) is 5.02 Å². The molecule has 7 heteroatoms. The molecule has 0 bridgehead atoms. The standard InChI is InChI=1S/C15H10ClN3O3/c16-12-4-2-1-3-11(12)14-19-10(8-21-14)9-22-15(20)13-7-17-5-6-18-13/h1-8H,9H2. The molecule has 0 aliphatic rings. The van der Waals surface area contributed by atoms with Gasteiger partial charge in [-0.15, -0.1) is 0 Å². The van der Waals surface area contributed by atoms with Crippen LogP contribution in [0.15, 0.2) is 53.5 Å². The molecule has 0 atom stereocenters. The quantitative estimate of drug-likeness (QED) is 0.688. The van der Waals surface area contributed by atoms with Gasteiger partial charge in [0.15, 0.2) is 5.69 Å². The van der Waals surface area contributed by atoms with E-state index in [0.29, 0.717) is 22.2 Å². The molecule has 0 saturated heterocycles. The van der Waals surface area contributed by atoms with Crippen molar-refractivity contribution >= 4 is 17.6 Å². The van der Waals surface area contributed by atoms with Gasteiger partial charge >= 0.3 is 5.97 Å². The predicted octanol–water partition coefficient (Wildman–Crippen LogP) is 3.14. The highest BCUT2D eigenvalue weighted by molar-refractivity contribution is 6.33.